The van der Waals surface area contributed by atoms with E-state index in [9.17, 15) is 9.59 Å². The van der Waals surface area contributed by atoms with Gasteiger partial charge in [-0.05, 0) is 36.1 Å². The van der Waals surface area contributed by atoms with Gasteiger partial charge in [-0.25, -0.2) is 14.7 Å². The van der Waals surface area contributed by atoms with Crippen LogP contribution in [0.2, 0.25) is 0 Å². The molecule has 26 heavy (non-hydrogen) atoms. The molecule has 2 aromatic carbocycles. The number of hydrogen-bond acceptors (Lipinski definition) is 4. The van der Waals surface area contributed by atoms with Crippen molar-refractivity contribution >= 4 is 23.0 Å². The van der Waals surface area contributed by atoms with Crippen LogP contribution in [0.5, 0.6) is 0 Å². The second-order valence-electron chi connectivity index (χ2n) is 6.44. The number of aromatic amines is 1. The van der Waals surface area contributed by atoms with Gasteiger partial charge < -0.3 is 9.72 Å². The average Bonchev–Trinajstić information content (AvgIpc) is 3.27. The maximum absolute atomic E-state index is 12.6. The maximum atomic E-state index is 12.6. The van der Waals surface area contributed by atoms with E-state index in [4.69, 9.17) is 4.74 Å². The molecule has 1 fully saturated rings. The SMILES string of the molecule is O=C(CCc1ccc2nc[nH]c2c1)N1C(=O)OC[C@H]1Cc1ccccc1. The number of H-pyrrole nitrogens is 1. The molecule has 1 atom stereocenters. The Balaban J connectivity index is 1.42. The van der Waals surface area contributed by atoms with E-state index < -0.39 is 6.09 Å². The summed E-state index contributed by atoms with van der Waals surface area (Å²) >= 11 is 0. The minimum absolute atomic E-state index is 0.196. The molecule has 0 radical (unpaired) electrons. The predicted molar refractivity (Wildman–Crippen MR) is 96.5 cm³/mol. The molecule has 3 aromatic rings. The van der Waals surface area contributed by atoms with Crippen LogP contribution in [0, 0.1) is 0 Å². The lowest BCUT2D eigenvalue weighted by Gasteiger charge is -2.19. The molecule has 0 unspecified atom stereocenters. The molecule has 1 N–H and O–H groups in total. The Labute approximate surface area is 150 Å². The van der Waals surface area contributed by atoms with Crippen LogP contribution in [0.3, 0.4) is 0 Å². The first-order valence-corrected chi connectivity index (χ1v) is 8.65. The number of aromatic nitrogens is 2. The minimum atomic E-state index is -0.542. The molecule has 2 amide bonds. The number of hydrogen-bond donors (Lipinski definition) is 1. The van der Waals surface area contributed by atoms with Crippen LogP contribution in [0.15, 0.2) is 54.9 Å². The van der Waals surface area contributed by atoms with E-state index in [2.05, 4.69) is 9.97 Å². The highest BCUT2D eigenvalue weighted by Crippen LogP contribution is 2.20. The smallest absolute Gasteiger partial charge is 0.416 e. The Kier molecular flexibility index (Phi) is 4.39. The van der Waals surface area contributed by atoms with Crippen molar-refractivity contribution in [2.45, 2.75) is 25.3 Å². The van der Waals surface area contributed by atoms with Gasteiger partial charge in [-0.2, -0.15) is 0 Å². The number of fused-ring (bicyclic) bond motifs is 1. The number of amides is 2. The van der Waals surface area contributed by atoms with Crippen LogP contribution >= 0.6 is 0 Å². The van der Waals surface area contributed by atoms with Crippen LogP contribution in [-0.2, 0) is 22.4 Å². The Morgan fingerprint density at radius 2 is 2.04 bits per heavy atom. The van der Waals surface area contributed by atoms with E-state index in [1.807, 2.05) is 48.5 Å². The van der Waals surface area contributed by atoms with Crippen molar-refractivity contribution in [3.05, 3.63) is 66.0 Å². The zero-order chi connectivity index (χ0) is 17.9. The molecular weight excluding hydrogens is 330 g/mol. The number of rotatable bonds is 5. The number of aryl methyl sites for hydroxylation is 1. The first-order valence-electron chi connectivity index (χ1n) is 8.65. The summed E-state index contributed by atoms with van der Waals surface area (Å²) in [5, 5.41) is 0. The van der Waals surface area contributed by atoms with Crippen LogP contribution in [0.1, 0.15) is 17.5 Å². The number of nitrogens with one attached hydrogen (secondary N) is 1. The fourth-order valence-corrected chi connectivity index (χ4v) is 3.31. The molecule has 1 saturated heterocycles. The highest BCUT2D eigenvalue weighted by atomic mass is 16.6. The number of benzene rings is 2. The van der Waals surface area contributed by atoms with Gasteiger partial charge in [0.15, 0.2) is 0 Å². The molecule has 0 saturated carbocycles. The average molecular weight is 349 g/mol. The van der Waals surface area contributed by atoms with Crippen molar-refractivity contribution in [2.75, 3.05) is 6.61 Å². The Morgan fingerprint density at radius 3 is 2.88 bits per heavy atom. The number of ether oxygens (including phenoxy) is 1. The Bertz CT molecular complexity index is 936. The minimum Gasteiger partial charge on any atom is -0.447 e. The number of imide groups is 1. The van der Waals surface area contributed by atoms with E-state index in [-0.39, 0.29) is 25.0 Å². The summed E-state index contributed by atoms with van der Waals surface area (Å²) in [4.78, 5) is 33.2. The van der Waals surface area contributed by atoms with Gasteiger partial charge in [0.1, 0.15) is 6.61 Å². The van der Waals surface area contributed by atoms with E-state index in [1.54, 1.807) is 6.33 Å². The topological polar surface area (TPSA) is 75.3 Å². The highest BCUT2D eigenvalue weighted by Gasteiger charge is 2.37. The summed E-state index contributed by atoms with van der Waals surface area (Å²) in [6, 6.07) is 15.4. The molecule has 2 heterocycles. The zero-order valence-electron chi connectivity index (χ0n) is 14.2. The number of carbonyl (C=O) groups is 2. The fraction of sp³-hybridized carbons (Fsp3) is 0.250. The lowest BCUT2D eigenvalue weighted by atomic mass is 10.0. The predicted octanol–water partition coefficient (Wildman–Crippen LogP) is 3.09. The van der Waals surface area contributed by atoms with Gasteiger partial charge in [-0.15, -0.1) is 0 Å². The first kappa shape index (κ1) is 16.3. The number of imidazole rings is 1. The second-order valence-corrected chi connectivity index (χ2v) is 6.44. The summed E-state index contributed by atoms with van der Waals surface area (Å²) < 4.78 is 5.12. The molecule has 132 valence electrons. The van der Waals surface area contributed by atoms with Crippen molar-refractivity contribution in [2.24, 2.45) is 0 Å². The van der Waals surface area contributed by atoms with E-state index >= 15 is 0 Å². The van der Waals surface area contributed by atoms with Crippen molar-refractivity contribution in [3.63, 3.8) is 0 Å². The largest absolute Gasteiger partial charge is 0.447 e. The monoisotopic (exact) mass is 349 g/mol. The second kappa shape index (κ2) is 7.00. The molecule has 0 aliphatic carbocycles. The first-order chi connectivity index (χ1) is 12.7. The van der Waals surface area contributed by atoms with Gasteiger partial charge in [0.25, 0.3) is 0 Å². The van der Waals surface area contributed by atoms with Crippen LogP contribution in [0.4, 0.5) is 4.79 Å². The highest BCUT2D eigenvalue weighted by molar-refractivity contribution is 5.93. The summed E-state index contributed by atoms with van der Waals surface area (Å²) in [5.74, 6) is -0.196. The summed E-state index contributed by atoms with van der Waals surface area (Å²) in [6.07, 6.45) is 2.54. The Hall–Kier alpha value is -3.15. The lowest BCUT2D eigenvalue weighted by Crippen LogP contribution is -2.40. The molecule has 4 rings (SSSR count). The summed E-state index contributed by atoms with van der Waals surface area (Å²) in [5.41, 5.74) is 3.95. The van der Waals surface area contributed by atoms with Gasteiger partial charge >= 0.3 is 6.09 Å². The van der Waals surface area contributed by atoms with Gasteiger partial charge in [-0.3, -0.25) is 4.79 Å². The van der Waals surface area contributed by atoms with E-state index in [1.165, 1.54) is 4.90 Å². The maximum Gasteiger partial charge on any atom is 0.416 e. The Morgan fingerprint density at radius 1 is 1.19 bits per heavy atom. The molecule has 6 nitrogen and oxygen atoms in total. The fourth-order valence-electron chi connectivity index (χ4n) is 3.31. The molecule has 1 aliphatic heterocycles. The number of nitrogens with zero attached hydrogens (tertiary/aromatic N) is 2. The third kappa shape index (κ3) is 3.31. The van der Waals surface area contributed by atoms with Crippen molar-refractivity contribution in [1.82, 2.24) is 14.9 Å². The normalized spacial score (nSPS) is 16.8. The standard InChI is InChI=1S/C20H19N3O3/c24-19(9-7-15-6-8-17-18(11-15)22-13-21-17)23-16(12-26-20(23)25)10-14-4-2-1-3-5-14/h1-6,8,11,13,16H,7,9-10,12H2,(H,21,22)/t16-/m1/s1. The van der Waals surface area contributed by atoms with Gasteiger partial charge in [-0.1, -0.05) is 36.4 Å². The van der Waals surface area contributed by atoms with Crippen molar-refractivity contribution < 1.29 is 14.3 Å². The third-order valence-electron chi connectivity index (χ3n) is 4.66. The molecule has 0 spiro atoms. The van der Waals surface area contributed by atoms with Gasteiger partial charge in [0.05, 0.1) is 23.4 Å². The quantitative estimate of drug-likeness (QED) is 0.768. The zero-order valence-corrected chi connectivity index (χ0v) is 14.2. The van der Waals surface area contributed by atoms with Gasteiger partial charge in [0.2, 0.25) is 5.91 Å². The number of carbonyl (C=O) groups excluding carboxylic acids is 2. The summed E-state index contributed by atoms with van der Waals surface area (Å²) in [6.45, 7) is 0.250. The van der Waals surface area contributed by atoms with Crippen LogP contribution in [0.25, 0.3) is 11.0 Å². The molecule has 0 bridgehead atoms. The molecule has 6 heteroatoms. The van der Waals surface area contributed by atoms with Gasteiger partial charge in [0, 0.05) is 6.42 Å². The molecule has 1 aliphatic rings. The van der Waals surface area contributed by atoms with Crippen LogP contribution < -0.4 is 0 Å². The van der Waals surface area contributed by atoms with Crippen molar-refractivity contribution in [3.8, 4) is 0 Å². The molecular formula is C20H19N3O3. The van der Waals surface area contributed by atoms with Crippen molar-refractivity contribution in [1.29, 1.82) is 0 Å². The molecule has 1 aromatic heterocycles. The van der Waals surface area contributed by atoms with Crippen LogP contribution in [-0.4, -0.2) is 39.5 Å². The number of cyclic esters (lactones) is 1. The summed E-state index contributed by atoms with van der Waals surface area (Å²) in [7, 11) is 0. The van der Waals surface area contributed by atoms with E-state index in [0.29, 0.717) is 12.8 Å². The van der Waals surface area contributed by atoms with E-state index in [0.717, 1.165) is 22.2 Å². The lowest BCUT2D eigenvalue weighted by molar-refractivity contribution is -0.129. The third-order valence-corrected chi connectivity index (χ3v) is 4.66.